The van der Waals surface area contributed by atoms with Crippen molar-refractivity contribution in [3.05, 3.63) is 95.2 Å². The third-order valence-electron chi connectivity index (χ3n) is 7.01. The van der Waals surface area contributed by atoms with Crippen molar-refractivity contribution in [2.45, 2.75) is 18.5 Å². The fourth-order valence-electron chi connectivity index (χ4n) is 5.33. The van der Waals surface area contributed by atoms with Gasteiger partial charge in [0.15, 0.2) is 0 Å². The van der Waals surface area contributed by atoms with Crippen molar-refractivity contribution in [3.63, 3.8) is 0 Å². The molecule has 3 heterocycles. The highest BCUT2D eigenvalue weighted by Gasteiger charge is 2.53. The molecule has 4 aromatic rings. The molecule has 1 fully saturated rings. The number of aromatic amines is 1. The number of anilines is 1. The van der Waals surface area contributed by atoms with Crippen LogP contribution < -0.4 is 9.64 Å². The van der Waals surface area contributed by atoms with E-state index >= 15 is 0 Å². The third kappa shape index (κ3) is 3.18. The number of hydrogen-bond donors (Lipinski definition) is 1. The number of rotatable bonds is 4. The number of methoxy groups -OCH3 is 2. The van der Waals surface area contributed by atoms with Gasteiger partial charge in [0.2, 0.25) is 0 Å². The van der Waals surface area contributed by atoms with Crippen molar-refractivity contribution < 1.29 is 23.9 Å². The van der Waals surface area contributed by atoms with Crippen LogP contribution in [0.5, 0.6) is 5.75 Å². The van der Waals surface area contributed by atoms with Crippen LogP contribution >= 0.6 is 0 Å². The van der Waals surface area contributed by atoms with Crippen molar-refractivity contribution in [2.24, 2.45) is 0 Å². The molecule has 3 amide bonds. The summed E-state index contributed by atoms with van der Waals surface area (Å²) in [4.78, 5) is 46.0. The molecule has 2 aliphatic rings. The molecule has 0 bridgehead atoms. The number of imide groups is 1. The van der Waals surface area contributed by atoms with Crippen molar-refractivity contribution in [3.8, 4) is 5.75 Å². The molecule has 0 radical (unpaired) electrons. The summed E-state index contributed by atoms with van der Waals surface area (Å²) in [5, 5.41) is 1.03. The molecule has 36 heavy (non-hydrogen) atoms. The normalized spacial score (nSPS) is 18.8. The van der Waals surface area contributed by atoms with Crippen LogP contribution in [0.1, 0.15) is 33.2 Å². The highest BCUT2D eigenvalue weighted by atomic mass is 16.5. The maximum Gasteiger partial charge on any atom is 0.337 e. The number of esters is 1. The number of nitrogens with zero attached hydrogens (tertiary/aromatic N) is 2. The lowest BCUT2D eigenvalue weighted by Gasteiger charge is -2.36. The summed E-state index contributed by atoms with van der Waals surface area (Å²) in [5.74, 6) is -0.157. The summed E-state index contributed by atoms with van der Waals surface area (Å²) in [6.07, 6.45) is 0.404. The molecule has 6 rings (SSSR count). The molecule has 1 N–H and O–H groups in total. The second kappa shape index (κ2) is 8.27. The van der Waals surface area contributed by atoms with Gasteiger partial charge < -0.3 is 14.5 Å². The molecule has 8 heteroatoms. The van der Waals surface area contributed by atoms with Gasteiger partial charge in [-0.05, 0) is 41.5 Å². The van der Waals surface area contributed by atoms with Crippen LogP contribution in [0.25, 0.3) is 10.9 Å². The lowest BCUT2D eigenvalue weighted by atomic mass is 9.88. The first kappa shape index (κ1) is 21.9. The number of benzene rings is 3. The summed E-state index contributed by atoms with van der Waals surface area (Å²) in [5.41, 5.74) is 4.49. The highest BCUT2D eigenvalue weighted by molar-refractivity contribution is 6.22. The van der Waals surface area contributed by atoms with Crippen molar-refractivity contribution in [2.75, 3.05) is 19.1 Å². The van der Waals surface area contributed by atoms with Crippen molar-refractivity contribution in [1.82, 2.24) is 9.88 Å². The number of urea groups is 1. The quantitative estimate of drug-likeness (QED) is 0.344. The number of hydrogen-bond acceptors (Lipinski definition) is 5. The third-order valence-corrected chi connectivity index (χ3v) is 7.01. The monoisotopic (exact) mass is 481 g/mol. The number of aromatic nitrogens is 1. The highest BCUT2D eigenvalue weighted by Crippen LogP contribution is 2.45. The number of carbonyl (C=O) groups is 3. The molecule has 0 aliphatic carbocycles. The molecule has 180 valence electrons. The maximum absolute atomic E-state index is 13.9. The summed E-state index contributed by atoms with van der Waals surface area (Å²) < 4.78 is 10.1. The van der Waals surface area contributed by atoms with Gasteiger partial charge in [0.05, 0.1) is 25.5 Å². The topological polar surface area (TPSA) is 91.9 Å². The Hall–Kier alpha value is -4.59. The zero-order chi connectivity index (χ0) is 25.0. The molecular formula is C28H23N3O5. The Balaban J connectivity index is 1.50. The Labute approximate surface area is 207 Å². The first-order valence-corrected chi connectivity index (χ1v) is 11.6. The van der Waals surface area contributed by atoms with Crippen LogP contribution in [0, 0.1) is 0 Å². The van der Waals surface area contributed by atoms with E-state index in [4.69, 9.17) is 9.47 Å². The van der Waals surface area contributed by atoms with Crippen LogP contribution in [0.2, 0.25) is 0 Å². The molecule has 1 aromatic heterocycles. The van der Waals surface area contributed by atoms with Gasteiger partial charge in [0.1, 0.15) is 17.8 Å². The summed E-state index contributed by atoms with van der Waals surface area (Å²) in [6.45, 7) is 0. The summed E-state index contributed by atoms with van der Waals surface area (Å²) >= 11 is 0. The van der Waals surface area contributed by atoms with Gasteiger partial charge in [-0.15, -0.1) is 0 Å². The SMILES string of the molecule is COC(=O)c1ccc(C2c3[nH]c4ccccc4c3CC3C(=O)N(c4cccc(OC)c4)C(=O)N32)cc1. The van der Waals surface area contributed by atoms with Crippen molar-refractivity contribution >= 4 is 34.5 Å². The first-order chi connectivity index (χ1) is 17.5. The molecule has 0 saturated carbocycles. The molecule has 2 unspecified atom stereocenters. The molecule has 2 aliphatic heterocycles. The number of fused-ring (bicyclic) bond motifs is 4. The van der Waals surface area contributed by atoms with E-state index in [0.717, 1.165) is 27.7 Å². The molecule has 3 aromatic carbocycles. The van der Waals surface area contributed by atoms with Gasteiger partial charge in [0, 0.05) is 29.1 Å². The Morgan fingerprint density at radius 3 is 2.50 bits per heavy atom. The fraction of sp³-hybridized carbons (Fsp3) is 0.179. The van der Waals surface area contributed by atoms with E-state index in [1.54, 1.807) is 60.5 Å². The zero-order valence-electron chi connectivity index (χ0n) is 19.7. The fourth-order valence-corrected chi connectivity index (χ4v) is 5.33. The number of para-hydroxylation sites is 1. The second-order valence-corrected chi connectivity index (χ2v) is 8.86. The first-order valence-electron chi connectivity index (χ1n) is 11.6. The minimum absolute atomic E-state index is 0.277. The van der Waals surface area contributed by atoms with Crippen LogP contribution in [0.4, 0.5) is 10.5 Å². The lowest BCUT2D eigenvalue weighted by molar-refractivity contribution is -0.120. The van der Waals surface area contributed by atoms with Gasteiger partial charge in [-0.3, -0.25) is 9.69 Å². The lowest BCUT2D eigenvalue weighted by Crippen LogP contribution is -2.44. The van der Waals surface area contributed by atoms with E-state index in [9.17, 15) is 14.4 Å². The minimum atomic E-state index is -0.666. The smallest absolute Gasteiger partial charge is 0.337 e. The van der Waals surface area contributed by atoms with Gasteiger partial charge in [-0.1, -0.05) is 36.4 Å². The van der Waals surface area contributed by atoms with Gasteiger partial charge in [-0.2, -0.15) is 0 Å². The van der Waals surface area contributed by atoms with Crippen LogP contribution in [-0.4, -0.2) is 48.1 Å². The van der Waals surface area contributed by atoms with E-state index in [0.29, 0.717) is 23.4 Å². The summed E-state index contributed by atoms with van der Waals surface area (Å²) in [6, 6.07) is 20.2. The number of ether oxygens (including phenoxy) is 2. The van der Waals surface area contributed by atoms with Crippen LogP contribution in [0.3, 0.4) is 0 Å². The Morgan fingerprint density at radius 1 is 0.972 bits per heavy atom. The van der Waals surface area contributed by atoms with Gasteiger partial charge >= 0.3 is 12.0 Å². The second-order valence-electron chi connectivity index (χ2n) is 8.86. The average Bonchev–Trinajstić information content (AvgIpc) is 3.41. The predicted octanol–water partition coefficient (Wildman–Crippen LogP) is 4.45. The molecule has 1 saturated heterocycles. The zero-order valence-corrected chi connectivity index (χ0v) is 19.7. The van der Waals surface area contributed by atoms with E-state index in [1.165, 1.54) is 12.0 Å². The molecule has 0 spiro atoms. The van der Waals surface area contributed by atoms with E-state index < -0.39 is 24.1 Å². The maximum atomic E-state index is 13.9. The average molecular weight is 482 g/mol. The standard InChI is InChI=1S/C28H23N3O5/c1-35-19-7-5-6-18(14-19)30-26(32)23-15-21-20-8-3-4-9-22(20)29-24(21)25(31(23)28(30)34)16-10-12-17(13-11-16)27(33)36-2/h3-14,23,25,29H,15H2,1-2H3. The minimum Gasteiger partial charge on any atom is -0.497 e. The Kier molecular flexibility index (Phi) is 5.03. The summed E-state index contributed by atoms with van der Waals surface area (Å²) in [7, 11) is 2.88. The number of H-pyrrole nitrogens is 1. The van der Waals surface area contributed by atoms with Crippen LogP contribution in [-0.2, 0) is 16.0 Å². The predicted molar refractivity (Wildman–Crippen MR) is 133 cm³/mol. The van der Waals surface area contributed by atoms with Gasteiger partial charge in [0.25, 0.3) is 5.91 Å². The van der Waals surface area contributed by atoms with E-state index in [-0.39, 0.29) is 5.91 Å². The molecule has 8 nitrogen and oxygen atoms in total. The number of amides is 3. The molecular weight excluding hydrogens is 458 g/mol. The van der Waals surface area contributed by atoms with Crippen LogP contribution in [0.15, 0.2) is 72.8 Å². The van der Waals surface area contributed by atoms with E-state index in [2.05, 4.69) is 4.98 Å². The Bertz CT molecular complexity index is 1520. The number of carbonyl (C=O) groups excluding carboxylic acids is 3. The van der Waals surface area contributed by atoms with Gasteiger partial charge in [-0.25, -0.2) is 14.5 Å². The number of nitrogens with one attached hydrogen (secondary N) is 1. The largest absolute Gasteiger partial charge is 0.497 e. The van der Waals surface area contributed by atoms with E-state index in [1.807, 2.05) is 24.3 Å². The van der Waals surface area contributed by atoms with Crippen molar-refractivity contribution in [1.29, 1.82) is 0 Å². The Morgan fingerprint density at radius 2 is 1.75 bits per heavy atom. The molecule has 2 atom stereocenters.